The van der Waals surface area contributed by atoms with E-state index >= 15 is 0 Å². The quantitative estimate of drug-likeness (QED) is 0.603. The molecule has 2 N–H and O–H groups in total. The van der Waals surface area contributed by atoms with Crippen LogP contribution in [-0.2, 0) is 11.3 Å². The second-order valence-electron chi connectivity index (χ2n) is 7.30. The molecule has 1 aliphatic rings. The number of carbonyl (C=O) groups excluding carboxylic acids is 1. The van der Waals surface area contributed by atoms with Gasteiger partial charge in [0.05, 0.1) is 12.1 Å². The third-order valence-corrected chi connectivity index (χ3v) is 6.12. The maximum absolute atomic E-state index is 14.1. The highest BCUT2D eigenvalue weighted by atomic mass is 32.1. The fourth-order valence-electron chi connectivity index (χ4n) is 3.57. The van der Waals surface area contributed by atoms with Gasteiger partial charge in [-0.3, -0.25) is 4.79 Å². The van der Waals surface area contributed by atoms with E-state index in [0.717, 1.165) is 28.2 Å². The summed E-state index contributed by atoms with van der Waals surface area (Å²) in [6.07, 6.45) is 2.20. The summed E-state index contributed by atoms with van der Waals surface area (Å²) in [7, 11) is 0. The molecule has 2 aromatic carbocycles. The van der Waals surface area contributed by atoms with Crippen molar-refractivity contribution in [3.8, 4) is 0 Å². The van der Waals surface area contributed by atoms with Crippen LogP contribution in [0.1, 0.15) is 34.9 Å². The number of quaternary nitrogens is 1. The maximum Gasteiger partial charge on any atom is 0.275 e. The van der Waals surface area contributed by atoms with Crippen LogP contribution in [0.15, 0.2) is 72.1 Å². The maximum atomic E-state index is 14.1. The minimum absolute atomic E-state index is 0.000456. The molecule has 1 heterocycles. The molecule has 2 atom stereocenters. The molecule has 1 aliphatic carbocycles. The second-order valence-corrected chi connectivity index (χ2v) is 8.28. The minimum Gasteiger partial charge on any atom is -0.339 e. The number of benzene rings is 2. The summed E-state index contributed by atoms with van der Waals surface area (Å²) in [5.74, 6) is -0.192. The van der Waals surface area contributed by atoms with Crippen LogP contribution in [0, 0.1) is 5.82 Å². The van der Waals surface area contributed by atoms with E-state index in [1.54, 1.807) is 17.4 Å². The molecule has 3 nitrogen and oxygen atoms in total. The number of halogens is 1. The highest BCUT2D eigenvalue weighted by molar-refractivity contribution is 7.10. The standard InChI is InChI=1S/C23H23FN2OS/c24-20-10-5-4-9-18(20)15-26(19-12-13-19)16-22(27)25-23(21-11-6-14-28-21)17-7-2-1-3-8-17/h1-11,14,19,23H,12-13,15-16H2,(H,25,27)/p+1/t23-/m0/s1. The number of rotatable bonds is 8. The fourth-order valence-corrected chi connectivity index (χ4v) is 4.37. The van der Waals surface area contributed by atoms with Crippen molar-refractivity contribution < 1.29 is 14.1 Å². The zero-order valence-corrected chi connectivity index (χ0v) is 16.4. The van der Waals surface area contributed by atoms with Crippen molar-refractivity contribution in [2.45, 2.75) is 31.5 Å². The van der Waals surface area contributed by atoms with Gasteiger partial charge in [0.25, 0.3) is 5.91 Å². The molecule has 1 unspecified atom stereocenters. The Morgan fingerprint density at radius 2 is 1.82 bits per heavy atom. The largest absolute Gasteiger partial charge is 0.339 e. The smallest absolute Gasteiger partial charge is 0.275 e. The summed E-state index contributed by atoms with van der Waals surface area (Å²) >= 11 is 1.64. The van der Waals surface area contributed by atoms with E-state index < -0.39 is 0 Å². The average Bonchev–Trinajstić information content (AvgIpc) is 3.42. The number of hydrogen-bond donors (Lipinski definition) is 2. The normalized spacial score (nSPS) is 15.8. The lowest BCUT2D eigenvalue weighted by atomic mass is 10.1. The lowest BCUT2D eigenvalue weighted by Crippen LogP contribution is -3.13. The van der Waals surface area contributed by atoms with Gasteiger partial charge in [-0.2, -0.15) is 0 Å². The molecule has 28 heavy (non-hydrogen) atoms. The van der Waals surface area contributed by atoms with Crippen molar-refractivity contribution in [1.29, 1.82) is 0 Å². The Kier molecular flexibility index (Phi) is 5.84. The van der Waals surface area contributed by atoms with Gasteiger partial charge in [0.2, 0.25) is 0 Å². The molecular weight excluding hydrogens is 371 g/mol. The number of carbonyl (C=O) groups is 1. The molecule has 5 heteroatoms. The zero-order valence-electron chi connectivity index (χ0n) is 15.6. The lowest BCUT2D eigenvalue weighted by Gasteiger charge is -2.22. The first-order chi connectivity index (χ1) is 13.7. The van der Waals surface area contributed by atoms with Crippen molar-refractivity contribution in [3.05, 3.63) is 93.9 Å². The molecule has 1 amide bonds. The monoisotopic (exact) mass is 395 g/mol. The van der Waals surface area contributed by atoms with Crippen LogP contribution in [0.5, 0.6) is 0 Å². The highest BCUT2D eigenvalue weighted by Gasteiger charge is 2.35. The van der Waals surface area contributed by atoms with Crippen LogP contribution in [0.25, 0.3) is 0 Å². The van der Waals surface area contributed by atoms with Crippen LogP contribution in [0.2, 0.25) is 0 Å². The summed E-state index contributed by atoms with van der Waals surface area (Å²) < 4.78 is 14.1. The number of thiophene rings is 1. The first kappa shape index (κ1) is 18.8. The third-order valence-electron chi connectivity index (χ3n) is 5.18. The van der Waals surface area contributed by atoms with Gasteiger partial charge in [0.15, 0.2) is 6.54 Å². The fraction of sp³-hybridized carbons (Fsp3) is 0.261. The number of amides is 1. The molecule has 0 bridgehead atoms. The van der Waals surface area contributed by atoms with Gasteiger partial charge in [0, 0.05) is 23.3 Å². The lowest BCUT2D eigenvalue weighted by molar-refractivity contribution is -0.917. The molecule has 4 rings (SSSR count). The zero-order chi connectivity index (χ0) is 19.3. The van der Waals surface area contributed by atoms with Gasteiger partial charge in [-0.1, -0.05) is 54.6 Å². The van der Waals surface area contributed by atoms with E-state index in [-0.39, 0.29) is 17.8 Å². The van der Waals surface area contributed by atoms with Gasteiger partial charge < -0.3 is 10.2 Å². The van der Waals surface area contributed by atoms with Gasteiger partial charge in [0.1, 0.15) is 12.4 Å². The Morgan fingerprint density at radius 1 is 1.07 bits per heavy atom. The molecule has 144 valence electrons. The topological polar surface area (TPSA) is 33.5 Å². The molecule has 0 aliphatic heterocycles. The van der Waals surface area contributed by atoms with Crippen molar-refractivity contribution >= 4 is 17.2 Å². The molecular formula is C23H24FN2OS+. The van der Waals surface area contributed by atoms with Gasteiger partial charge in [-0.15, -0.1) is 11.3 Å². The third kappa shape index (κ3) is 4.66. The molecule has 0 radical (unpaired) electrons. The van der Waals surface area contributed by atoms with E-state index in [2.05, 4.69) is 5.32 Å². The predicted molar refractivity (Wildman–Crippen MR) is 110 cm³/mol. The Labute approximate surface area is 168 Å². The Hall–Kier alpha value is -2.50. The van der Waals surface area contributed by atoms with Crippen LogP contribution in [-0.4, -0.2) is 18.5 Å². The average molecular weight is 396 g/mol. The van der Waals surface area contributed by atoms with Crippen LogP contribution >= 0.6 is 11.3 Å². The second kappa shape index (κ2) is 8.67. The van der Waals surface area contributed by atoms with Gasteiger partial charge in [-0.05, 0) is 23.1 Å². The molecule has 1 aromatic heterocycles. The summed E-state index contributed by atoms with van der Waals surface area (Å²) in [4.78, 5) is 15.2. The van der Waals surface area contributed by atoms with Crippen LogP contribution in [0.3, 0.4) is 0 Å². The van der Waals surface area contributed by atoms with E-state index in [4.69, 9.17) is 0 Å². The van der Waals surface area contributed by atoms with Crippen molar-refractivity contribution in [1.82, 2.24) is 5.32 Å². The SMILES string of the molecule is O=C(C[NH+](Cc1ccccc1F)C1CC1)N[C@@H](c1ccccc1)c1cccs1. The summed E-state index contributed by atoms with van der Waals surface area (Å²) in [5.41, 5.74) is 1.75. The first-order valence-corrected chi connectivity index (χ1v) is 10.5. The molecule has 1 saturated carbocycles. The van der Waals surface area contributed by atoms with Crippen LogP contribution in [0.4, 0.5) is 4.39 Å². The molecule has 1 fully saturated rings. The minimum atomic E-state index is -0.193. The summed E-state index contributed by atoms with van der Waals surface area (Å²) in [6.45, 7) is 0.896. The molecule has 3 aromatic rings. The van der Waals surface area contributed by atoms with Crippen LogP contribution < -0.4 is 10.2 Å². The van der Waals surface area contributed by atoms with Gasteiger partial charge in [-0.25, -0.2) is 4.39 Å². The van der Waals surface area contributed by atoms with E-state index in [1.165, 1.54) is 6.07 Å². The molecule has 0 saturated heterocycles. The highest BCUT2D eigenvalue weighted by Crippen LogP contribution is 2.25. The van der Waals surface area contributed by atoms with Crippen molar-refractivity contribution in [3.63, 3.8) is 0 Å². The Bertz CT molecular complexity index is 909. The summed E-state index contributed by atoms with van der Waals surface area (Å²) in [6, 6.07) is 21.2. The number of nitrogens with one attached hydrogen (secondary N) is 2. The predicted octanol–water partition coefficient (Wildman–Crippen LogP) is 3.34. The van der Waals surface area contributed by atoms with E-state index in [1.807, 2.05) is 60.0 Å². The first-order valence-electron chi connectivity index (χ1n) is 9.66. The van der Waals surface area contributed by atoms with Crippen molar-refractivity contribution in [2.75, 3.05) is 6.54 Å². The van der Waals surface area contributed by atoms with Crippen molar-refractivity contribution in [2.24, 2.45) is 0 Å². The Morgan fingerprint density at radius 3 is 2.50 bits per heavy atom. The van der Waals surface area contributed by atoms with E-state index in [9.17, 15) is 9.18 Å². The number of hydrogen-bond acceptors (Lipinski definition) is 2. The summed E-state index contributed by atoms with van der Waals surface area (Å²) in [5, 5.41) is 5.23. The van der Waals surface area contributed by atoms with E-state index in [0.29, 0.717) is 24.7 Å². The van der Waals surface area contributed by atoms with Gasteiger partial charge >= 0.3 is 0 Å². The Balaban J connectivity index is 1.47. The molecule has 0 spiro atoms.